The van der Waals surface area contributed by atoms with Gasteiger partial charge in [-0.3, -0.25) is 9.10 Å². The Hall–Kier alpha value is -3.23. The van der Waals surface area contributed by atoms with Gasteiger partial charge in [-0.2, -0.15) is 0 Å². The van der Waals surface area contributed by atoms with E-state index in [-0.39, 0.29) is 16.1 Å². The molecule has 0 aliphatic heterocycles. The average molecular weight is 475 g/mol. The summed E-state index contributed by atoms with van der Waals surface area (Å²) in [5, 5.41) is 3.08. The molecular formula is C23H23ClN2O5S. The Morgan fingerprint density at radius 1 is 0.969 bits per heavy atom. The molecule has 0 aliphatic carbocycles. The number of aryl methyl sites for hydroxylation is 1. The molecule has 0 bridgehead atoms. The first kappa shape index (κ1) is 23.4. The number of carbonyl (C=O) groups excluding carboxylic acids is 1. The van der Waals surface area contributed by atoms with Crippen LogP contribution in [0.15, 0.2) is 65.6 Å². The van der Waals surface area contributed by atoms with E-state index < -0.39 is 15.9 Å². The number of rotatable bonds is 7. The summed E-state index contributed by atoms with van der Waals surface area (Å²) in [5.74, 6) is 0.173. The summed E-state index contributed by atoms with van der Waals surface area (Å²) in [6.07, 6.45) is 0. The van der Waals surface area contributed by atoms with Gasteiger partial charge in [0.25, 0.3) is 15.9 Å². The predicted octanol–water partition coefficient (Wildman–Crippen LogP) is 4.74. The van der Waals surface area contributed by atoms with E-state index in [1.54, 1.807) is 36.4 Å². The van der Waals surface area contributed by atoms with Gasteiger partial charge in [0.15, 0.2) is 0 Å². The van der Waals surface area contributed by atoms with Gasteiger partial charge in [-0.05, 0) is 31.2 Å². The topological polar surface area (TPSA) is 84.9 Å². The molecule has 3 rings (SSSR count). The van der Waals surface area contributed by atoms with Crippen LogP contribution >= 0.6 is 11.6 Å². The third-order valence-corrected chi connectivity index (χ3v) is 6.97. The zero-order valence-corrected chi connectivity index (χ0v) is 19.6. The van der Waals surface area contributed by atoms with Crippen molar-refractivity contribution in [2.45, 2.75) is 11.8 Å². The molecule has 0 fully saturated rings. The zero-order chi connectivity index (χ0) is 23.5. The maximum absolute atomic E-state index is 13.1. The van der Waals surface area contributed by atoms with Gasteiger partial charge < -0.3 is 14.8 Å². The van der Waals surface area contributed by atoms with Crippen LogP contribution in [0.5, 0.6) is 11.5 Å². The minimum absolute atomic E-state index is 0.130. The van der Waals surface area contributed by atoms with Gasteiger partial charge in [0, 0.05) is 19.2 Å². The normalized spacial score (nSPS) is 11.0. The second-order valence-corrected chi connectivity index (χ2v) is 9.32. The van der Waals surface area contributed by atoms with Crippen molar-refractivity contribution in [3.8, 4) is 11.5 Å². The molecule has 3 aromatic carbocycles. The van der Waals surface area contributed by atoms with Crippen LogP contribution in [0.2, 0.25) is 5.02 Å². The minimum Gasteiger partial charge on any atom is -0.495 e. The smallest absolute Gasteiger partial charge is 0.264 e. The first-order valence-electron chi connectivity index (χ1n) is 9.56. The molecule has 0 saturated heterocycles. The monoisotopic (exact) mass is 474 g/mol. The molecule has 7 nitrogen and oxygen atoms in total. The predicted molar refractivity (Wildman–Crippen MR) is 126 cm³/mol. The Morgan fingerprint density at radius 2 is 1.59 bits per heavy atom. The number of para-hydroxylation sites is 1. The summed E-state index contributed by atoms with van der Waals surface area (Å²) in [5.41, 5.74) is 1.67. The molecule has 0 aromatic heterocycles. The lowest BCUT2D eigenvalue weighted by Gasteiger charge is -2.22. The third-order valence-electron chi connectivity index (χ3n) is 4.89. The van der Waals surface area contributed by atoms with E-state index in [1.165, 1.54) is 45.5 Å². The highest BCUT2D eigenvalue weighted by molar-refractivity contribution is 7.92. The number of methoxy groups -OCH3 is 2. The molecule has 0 unspecified atom stereocenters. The largest absolute Gasteiger partial charge is 0.495 e. The molecule has 0 radical (unpaired) electrons. The lowest BCUT2D eigenvalue weighted by Crippen LogP contribution is -2.29. The minimum atomic E-state index is -3.88. The lowest BCUT2D eigenvalue weighted by atomic mass is 10.1. The number of nitrogens with zero attached hydrogens (tertiary/aromatic N) is 1. The van der Waals surface area contributed by atoms with Crippen LogP contribution in [0, 0.1) is 6.92 Å². The fraction of sp³-hybridized carbons (Fsp3) is 0.174. The van der Waals surface area contributed by atoms with Crippen molar-refractivity contribution >= 4 is 38.9 Å². The second kappa shape index (κ2) is 9.50. The number of halogens is 1. The molecule has 0 saturated carbocycles. The van der Waals surface area contributed by atoms with Crippen LogP contribution in [0.3, 0.4) is 0 Å². The van der Waals surface area contributed by atoms with Gasteiger partial charge in [-0.1, -0.05) is 41.4 Å². The van der Waals surface area contributed by atoms with Crippen LogP contribution in [0.4, 0.5) is 11.4 Å². The van der Waals surface area contributed by atoms with Crippen LogP contribution < -0.4 is 19.1 Å². The highest BCUT2D eigenvalue weighted by Gasteiger charge is 2.25. The third kappa shape index (κ3) is 4.66. The van der Waals surface area contributed by atoms with Crippen molar-refractivity contribution in [1.82, 2.24) is 0 Å². The lowest BCUT2D eigenvalue weighted by molar-refractivity contribution is 0.102. The molecule has 0 atom stereocenters. The van der Waals surface area contributed by atoms with Crippen molar-refractivity contribution in [1.29, 1.82) is 0 Å². The van der Waals surface area contributed by atoms with Gasteiger partial charge in [-0.25, -0.2) is 8.42 Å². The van der Waals surface area contributed by atoms with Gasteiger partial charge in [-0.15, -0.1) is 0 Å². The first-order valence-corrected chi connectivity index (χ1v) is 11.4. The number of sulfonamides is 1. The number of anilines is 2. The number of nitrogens with one attached hydrogen (secondary N) is 1. The van der Waals surface area contributed by atoms with Gasteiger partial charge >= 0.3 is 0 Å². The summed E-state index contributed by atoms with van der Waals surface area (Å²) < 4.78 is 37.9. The van der Waals surface area contributed by atoms with Crippen LogP contribution in [0.1, 0.15) is 15.9 Å². The standard InChI is InChI=1S/C23H23ClN2O5S/c1-15-9-11-16(12-10-15)32(28,29)26(2)20-8-6-5-7-17(20)23(27)25-19-14-21(30-3)18(24)13-22(19)31-4/h5-14H,1-4H3,(H,25,27). The number of amides is 1. The fourth-order valence-electron chi connectivity index (χ4n) is 3.09. The molecule has 32 heavy (non-hydrogen) atoms. The van der Waals surface area contributed by atoms with Gasteiger partial charge in [0.1, 0.15) is 11.5 Å². The van der Waals surface area contributed by atoms with Crippen molar-refractivity contribution in [3.63, 3.8) is 0 Å². The molecule has 9 heteroatoms. The highest BCUT2D eigenvalue weighted by atomic mass is 35.5. The molecule has 3 aromatic rings. The van der Waals surface area contributed by atoms with Crippen LogP contribution in [-0.4, -0.2) is 35.6 Å². The Kier molecular flexibility index (Phi) is 6.96. The molecular weight excluding hydrogens is 452 g/mol. The van der Waals surface area contributed by atoms with Crippen molar-refractivity contribution in [2.75, 3.05) is 30.9 Å². The Balaban J connectivity index is 1.98. The molecule has 0 spiro atoms. The van der Waals surface area contributed by atoms with Crippen molar-refractivity contribution in [3.05, 3.63) is 76.8 Å². The second-order valence-electron chi connectivity index (χ2n) is 6.94. The maximum atomic E-state index is 13.1. The molecule has 0 heterocycles. The Bertz CT molecular complexity index is 1240. The highest BCUT2D eigenvalue weighted by Crippen LogP contribution is 2.36. The number of ether oxygens (including phenoxy) is 2. The van der Waals surface area contributed by atoms with E-state index in [9.17, 15) is 13.2 Å². The van der Waals surface area contributed by atoms with E-state index in [0.29, 0.717) is 22.2 Å². The molecule has 1 N–H and O–H groups in total. The van der Waals surface area contributed by atoms with Crippen molar-refractivity contribution < 1.29 is 22.7 Å². The van der Waals surface area contributed by atoms with Crippen LogP contribution in [-0.2, 0) is 10.0 Å². The Morgan fingerprint density at radius 3 is 2.22 bits per heavy atom. The first-order chi connectivity index (χ1) is 15.2. The number of hydrogen-bond acceptors (Lipinski definition) is 5. The van der Waals surface area contributed by atoms with Crippen molar-refractivity contribution in [2.24, 2.45) is 0 Å². The van der Waals surface area contributed by atoms with E-state index in [2.05, 4.69) is 5.32 Å². The number of hydrogen-bond donors (Lipinski definition) is 1. The molecule has 0 aliphatic rings. The number of carbonyl (C=O) groups is 1. The summed E-state index contributed by atoms with van der Waals surface area (Å²) in [4.78, 5) is 13.3. The van der Waals surface area contributed by atoms with E-state index >= 15 is 0 Å². The van der Waals surface area contributed by atoms with E-state index in [0.717, 1.165) is 9.87 Å². The average Bonchev–Trinajstić information content (AvgIpc) is 2.79. The van der Waals surface area contributed by atoms with Gasteiger partial charge in [0.05, 0.1) is 41.1 Å². The quantitative estimate of drug-likeness (QED) is 0.534. The zero-order valence-electron chi connectivity index (χ0n) is 18.0. The number of benzene rings is 3. The summed E-state index contributed by atoms with van der Waals surface area (Å²) >= 11 is 6.13. The van der Waals surface area contributed by atoms with Crippen LogP contribution in [0.25, 0.3) is 0 Å². The SMILES string of the molecule is COc1cc(NC(=O)c2ccccc2N(C)S(=O)(=O)c2ccc(C)cc2)c(OC)cc1Cl. The van der Waals surface area contributed by atoms with E-state index in [1.807, 2.05) is 6.92 Å². The maximum Gasteiger partial charge on any atom is 0.264 e. The summed E-state index contributed by atoms with van der Waals surface area (Å²) in [7, 11) is 0.440. The summed E-state index contributed by atoms with van der Waals surface area (Å²) in [6.45, 7) is 1.87. The molecule has 168 valence electrons. The molecule has 1 amide bonds. The fourth-order valence-corrected chi connectivity index (χ4v) is 4.53. The summed E-state index contributed by atoms with van der Waals surface area (Å²) in [6, 6.07) is 16.0. The van der Waals surface area contributed by atoms with Gasteiger partial charge in [0.2, 0.25) is 0 Å². The Labute approximate surface area is 192 Å². The van der Waals surface area contributed by atoms with E-state index in [4.69, 9.17) is 21.1 Å².